The van der Waals surface area contributed by atoms with Crippen molar-refractivity contribution in [2.45, 2.75) is 0 Å². The first kappa shape index (κ1) is 15.7. The lowest BCUT2D eigenvalue weighted by Gasteiger charge is -2.12. The number of benzene rings is 1. The maximum atomic E-state index is 11.4. The van der Waals surface area contributed by atoms with Gasteiger partial charge in [0.15, 0.2) is 6.29 Å². The molecule has 0 bridgehead atoms. The molecule has 2 rings (SSSR count). The molecule has 0 atom stereocenters. The van der Waals surface area contributed by atoms with Gasteiger partial charge in [0.05, 0.1) is 30.7 Å². The van der Waals surface area contributed by atoms with Crippen molar-refractivity contribution in [1.29, 1.82) is 0 Å². The lowest BCUT2D eigenvalue weighted by Crippen LogP contribution is -2.11. The van der Waals surface area contributed by atoms with Gasteiger partial charge in [-0.1, -0.05) is 58.0 Å². The van der Waals surface area contributed by atoms with Crippen molar-refractivity contribution in [2.24, 2.45) is 0 Å². The number of pyridine rings is 1. The Kier molecular flexibility index (Phi) is 4.67. The number of aldehydes is 1. The molecule has 2 aromatic rings. The third kappa shape index (κ3) is 2.57. The fourth-order valence-electron chi connectivity index (χ4n) is 1.59. The quantitative estimate of drug-likeness (QED) is 0.452. The number of hydrogen-bond acceptors (Lipinski definition) is 2. The summed E-state index contributed by atoms with van der Waals surface area (Å²) in [5.41, 5.74) is 0.0771. The Balaban J connectivity index is 2.83. The average Bonchev–Trinajstić information content (AvgIpc) is 2.45. The van der Waals surface area contributed by atoms with Crippen LogP contribution >= 0.6 is 58.0 Å². The summed E-state index contributed by atoms with van der Waals surface area (Å²) in [6.07, 6.45) is 1.77. The zero-order valence-electron chi connectivity index (χ0n) is 9.44. The summed E-state index contributed by atoms with van der Waals surface area (Å²) >= 11 is 30.0. The fourth-order valence-corrected chi connectivity index (χ4v) is 2.95. The van der Waals surface area contributed by atoms with E-state index in [0.29, 0.717) is 11.8 Å². The van der Waals surface area contributed by atoms with Gasteiger partial charge < -0.3 is 4.98 Å². The summed E-state index contributed by atoms with van der Waals surface area (Å²) in [5, 5.41) is 0.269. The number of H-pyrrole nitrogens is 1. The maximum Gasteiger partial charge on any atom is 0.258 e. The molecule has 0 saturated carbocycles. The first-order chi connectivity index (χ1) is 9.38. The van der Waals surface area contributed by atoms with Crippen LogP contribution in [-0.4, -0.2) is 11.3 Å². The molecular formula is C12H4Cl5NO2. The van der Waals surface area contributed by atoms with E-state index in [4.69, 9.17) is 58.0 Å². The van der Waals surface area contributed by atoms with E-state index in [1.807, 2.05) is 0 Å². The third-order valence-electron chi connectivity index (χ3n) is 2.56. The second kappa shape index (κ2) is 5.96. The van der Waals surface area contributed by atoms with E-state index in [1.54, 1.807) is 0 Å². The summed E-state index contributed by atoms with van der Waals surface area (Å²) < 4.78 is 0. The van der Waals surface area contributed by atoms with E-state index in [2.05, 4.69) is 4.98 Å². The summed E-state index contributed by atoms with van der Waals surface area (Å²) in [5.74, 6) is 0. The van der Waals surface area contributed by atoms with Gasteiger partial charge in [0.1, 0.15) is 0 Å². The minimum absolute atomic E-state index is 0.0344. The highest BCUT2D eigenvalue weighted by Crippen LogP contribution is 2.47. The van der Waals surface area contributed by atoms with Crippen molar-refractivity contribution in [1.82, 2.24) is 4.98 Å². The number of aromatic nitrogens is 1. The Morgan fingerprint density at radius 2 is 1.40 bits per heavy atom. The van der Waals surface area contributed by atoms with Gasteiger partial charge in [-0.2, -0.15) is 0 Å². The number of rotatable bonds is 2. The molecule has 1 aromatic heterocycles. The van der Waals surface area contributed by atoms with Crippen LogP contribution < -0.4 is 5.56 Å². The highest BCUT2D eigenvalue weighted by molar-refractivity contribution is 6.56. The average molecular weight is 371 g/mol. The number of carbonyl (C=O) groups excluding carboxylic acids is 1. The van der Waals surface area contributed by atoms with Crippen LogP contribution in [0.1, 0.15) is 10.4 Å². The van der Waals surface area contributed by atoms with Gasteiger partial charge in [-0.05, 0) is 6.07 Å². The van der Waals surface area contributed by atoms with E-state index in [-0.39, 0.29) is 36.2 Å². The monoisotopic (exact) mass is 369 g/mol. The minimum Gasteiger partial charge on any atom is -0.328 e. The third-order valence-corrected chi connectivity index (χ3v) is 4.83. The molecule has 8 heteroatoms. The second-order valence-electron chi connectivity index (χ2n) is 3.74. The Morgan fingerprint density at radius 3 is 1.90 bits per heavy atom. The number of aromatic amines is 1. The van der Waals surface area contributed by atoms with Gasteiger partial charge in [0.2, 0.25) is 0 Å². The van der Waals surface area contributed by atoms with E-state index in [9.17, 15) is 9.59 Å². The number of hydrogen-bond donors (Lipinski definition) is 1. The highest BCUT2D eigenvalue weighted by Gasteiger charge is 2.21. The first-order valence-electron chi connectivity index (χ1n) is 5.08. The minimum atomic E-state index is -0.526. The van der Waals surface area contributed by atoms with Gasteiger partial charge >= 0.3 is 0 Å². The fraction of sp³-hybridized carbons (Fsp3) is 0. The molecule has 0 saturated heterocycles. The lowest BCUT2D eigenvalue weighted by molar-refractivity contribution is 0.112. The lowest BCUT2D eigenvalue weighted by atomic mass is 10.1. The molecule has 1 aromatic carbocycles. The molecule has 0 fully saturated rings. The molecule has 0 unspecified atom stereocenters. The summed E-state index contributed by atoms with van der Waals surface area (Å²) in [6.45, 7) is 0. The van der Waals surface area contributed by atoms with E-state index in [1.165, 1.54) is 12.3 Å². The zero-order valence-corrected chi connectivity index (χ0v) is 13.2. The first-order valence-corrected chi connectivity index (χ1v) is 6.97. The van der Waals surface area contributed by atoms with Crippen LogP contribution in [0.3, 0.4) is 0 Å². The van der Waals surface area contributed by atoms with Crippen LogP contribution in [0.25, 0.3) is 11.1 Å². The van der Waals surface area contributed by atoms with E-state index >= 15 is 0 Å². The number of carbonyl (C=O) groups is 1. The topological polar surface area (TPSA) is 49.9 Å². The number of halogens is 5. The normalized spacial score (nSPS) is 10.7. The van der Waals surface area contributed by atoms with Crippen molar-refractivity contribution in [3.8, 4) is 11.1 Å². The molecule has 0 amide bonds. The van der Waals surface area contributed by atoms with Crippen LogP contribution in [0.5, 0.6) is 0 Å². The number of nitrogens with one attached hydrogen (secondary N) is 1. The van der Waals surface area contributed by atoms with Gasteiger partial charge in [-0.15, -0.1) is 0 Å². The molecule has 104 valence electrons. The van der Waals surface area contributed by atoms with Gasteiger partial charge in [-0.25, -0.2) is 0 Å². The predicted molar refractivity (Wildman–Crippen MR) is 82.9 cm³/mol. The second-order valence-corrected chi connectivity index (χ2v) is 5.63. The zero-order chi connectivity index (χ0) is 15.0. The summed E-state index contributed by atoms with van der Waals surface area (Å²) in [4.78, 5) is 24.6. The van der Waals surface area contributed by atoms with Crippen molar-refractivity contribution in [3.63, 3.8) is 0 Å². The smallest absolute Gasteiger partial charge is 0.258 e. The predicted octanol–water partition coefficient (Wildman–Crippen LogP) is 5.12. The molecule has 3 nitrogen and oxygen atoms in total. The largest absolute Gasteiger partial charge is 0.328 e. The molecule has 0 radical (unpaired) electrons. The summed E-state index contributed by atoms with van der Waals surface area (Å²) in [6, 6.07) is 1.33. The molecule has 0 aliphatic heterocycles. The molecule has 0 aliphatic rings. The van der Waals surface area contributed by atoms with Crippen molar-refractivity contribution < 1.29 is 4.79 Å². The van der Waals surface area contributed by atoms with Crippen LogP contribution in [0.15, 0.2) is 17.1 Å². The Bertz CT molecular complexity index is 740. The van der Waals surface area contributed by atoms with Crippen LogP contribution in [0.4, 0.5) is 0 Å². The molecule has 1 heterocycles. The van der Waals surface area contributed by atoms with Crippen molar-refractivity contribution >= 4 is 64.3 Å². The van der Waals surface area contributed by atoms with Gasteiger partial charge in [0, 0.05) is 17.3 Å². The van der Waals surface area contributed by atoms with Crippen LogP contribution in [0, 0.1) is 0 Å². The van der Waals surface area contributed by atoms with E-state index in [0.717, 1.165) is 0 Å². The summed E-state index contributed by atoms with van der Waals surface area (Å²) in [7, 11) is 0. The van der Waals surface area contributed by atoms with Crippen molar-refractivity contribution in [3.05, 3.63) is 53.3 Å². The standard InChI is InChI=1S/C12H4Cl5NO2/c13-7-6(8(14)10(16)11(17)9(7)15)4-1-5(3-19)12(20)18-2-4/h1-3H,(H,18,20). The van der Waals surface area contributed by atoms with E-state index < -0.39 is 5.56 Å². The Hall–Kier alpha value is -0.710. The van der Waals surface area contributed by atoms with Gasteiger partial charge in [-0.3, -0.25) is 9.59 Å². The SMILES string of the molecule is O=Cc1cc(-c2c(Cl)c(Cl)c(Cl)c(Cl)c2Cl)c[nH]c1=O. The van der Waals surface area contributed by atoms with Crippen LogP contribution in [0.2, 0.25) is 25.1 Å². The Labute approximate surface area is 138 Å². The highest BCUT2D eigenvalue weighted by atomic mass is 35.5. The molecular weight excluding hydrogens is 367 g/mol. The van der Waals surface area contributed by atoms with Gasteiger partial charge in [0.25, 0.3) is 5.56 Å². The van der Waals surface area contributed by atoms with Crippen LogP contribution in [-0.2, 0) is 0 Å². The molecule has 20 heavy (non-hydrogen) atoms. The Morgan fingerprint density at radius 1 is 0.900 bits per heavy atom. The molecule has 1 N–H and O–H groups in total. The molecule has 0 spiro atoms. The molecule has 0 aliphatic carbocycles. The van der Waals surface area contributed by atoms with Crippen molar-refractivity contribution in [2.75, 3.05) is 0 Å². The maximum absolute atomic E-state index is 11.4.